The minimum absolute atomic E-state index is 0.115. The average Bonchev–Trinajstić information content (AvgIpc) is 3.25. The van der Waals surface area contributed by atoms with Crippen LogP contribution in [0.25, 0.3) is 10.9 Å². The lowest BCUT2D eigenvalue weighted by molar-refractivity contribution is 0.0895. The first-order valence-electron chi connectivity index (χ1n) is 10.2. The summed E-state index contributed by atoms with van der Waals surface area (Å²) < 4.78 is 22.2. The van der Waals surface area contributed by atoms with Crippen molar-refractivity contribution in [1.29, 1.82) is 0 Å². The number of hydrogen-bond donors (Lipinski definition) is 2. The highest BCUT2D eigenvalue weighted by molar-refractivity contribution is 7.80. The van der Waals surface area contributed by atoms with Gasteiger partial charge in [-0.1, -0.05) is 0 Å². The summed E-state index contributed by atoms with van der Waals surface area (Å²) in [6.45, 7) is 3.98. The molecule has 1 aromatic carbocycles. The Morgan fingerprint density at radius 2 is 2.07 bits per heavy atom. The van der Waals surface area contributed by atoms with E-state index in [1.807, 2.05) is 23.1 Å². The van der Waals surface area contributed by atoms with Gasteiger partial charge in [0, 0.05) is 43.8 Å². The maximum absolute atomic E-state index is 12.8. The van der Waals surface area contributed by atoms with Crippen molar-refractivity contribution in [3.63, 3.8) is 0 Å². The Bertz CT molecular complexity index is 958. The zero-order valence-corrected chi connectivity index (χ0v) is 17.9. The second kappa shape index (κ2) is 9.63. The predicted octanol–water partition coefficient (Wildman–Crippen LogP) is 1.80. The molecule has 0 bridgehead atoms. The molecule has 30 heavy (non-hydrogen) atoms. The number of nitrogens with zero attached hydrogens (tertiary/aromatic N) is 1. The van der Waals surface area contributed by atoms with E-state index in [1.165, 1.54) is 0 Å². The Labute approximate surface area is 180 Å². The van der Waals surface area contributed by atoms with Gasteiger partial charge in [-0.05, 0) is 37.2 Å². The summed E-state index contributed by atoms with van der Waals surface area (Å²) in [5, 5.41) is 4.68. The quantitative estimate of drug-likeness (QED) is 0.505. The standard InChI is InChI=1S/C21H27N3O5S/c1-26-6-4-22-21(30)24(13-16-3-2-5-27-16)12-15-9-14-10-18-19(29-8-7-28-18)11-17(14)23-20(15)25/h9-11,16H,2-8,12-13H2,1H3,(H,22,30)(H,23,25)/t16-/m0/s1. The van der Waals surface area contributed by atoms with Gasteiger partial charge in [0.2, 0.25) is 0 Å². The van der Waals surface area contributed by atoms with E-state index >= 15 is 0 Å². The molecule has 8 nitrogen and oxygen atoms in total. The molecule has 2 aromatic rings. The van der Waals surface area contributed by atoms with Crippen LogP contribution in [-0.2, 0) is 16.0 Å². The van der Waals surface area contributed by atoms with Gasteiger partial charge in [0.1, 0.15) is 13.2 Å². The highest BCUT2D eigenvalue weighted by Gasteiger charge is 2.22. The normalized spacial score (nSPS) is 17.8. The number of rotatable bonds is 7. The fourth-order valence-electron chi connectivity index (χ4n) is 3.74. The zero-order valence-electron chi connectivity index (χ0n) is 17.1. The maximum atomic E-state index is 12.8. The van der Waals surface area contributed by atoms with Crippen LogP contribution in [0.1, 0.15) is 18.4 Å². The SMILES string of the molecule is COCCNC(=S)N(Cc1cc2cc3c(cc2[nH]c1=O)OCCO3)C[C@@H]1CCCO1. The molecule has 3 heterocycles. The van der Waals surface area contributed by atoms with E-state index in [-0.39, 0.29) is 11.7 Å². The number of methoxy groups -OCH3 is 1. The summed E-state index contributed by atoms with van der Waals surface area (Å²) in [4.78, 5) is 17.7. The number of nitrogens with one attached hydrogen (secondary N) is 2. The number of ether oxygens (including phenoxy) is 4. The van der Waals surface area contributed by atoms with Gasteiger partial charge in [0.15, 0.2) is 16.6 Å². The van der Waals surface area contributed by atoms with Gasteiger partial charge in [-0.2, -0.15) is 0 Å². The largest absolute Gasteiger partial charge is 0.486 e. The predicted molar refractivity (Wildman–Crippen MR) is 117 cm³/mol. The molecule has 0 unspecified atom stereocenters. The first-order valence-corrected chi connectivity index (χ1v) is 10.6. The Balaban J connectivity index is 1.57. The number of hydrogen-bond acceptors (Lipinski definition) is 6. The van der Waals surface area contributed by atoms with Gasteiger partial charge in [0.25, 0.3) is 5.56 Å². The Hall–Kier alpha value is -2.36. The van der Waals surface area contributed by atoms with Crippen LogP contribution in [0.2, 0.25) is 0 Å². The number of thiocarbonyl (C=S) groups is 1. The summed E-state index contributed by atoms with van der Waals surface area (Å²) in [6.07, 6.45) is 2.16. The molecule has 0 amide bonds. The number of H-pyrrole nitrogens is 1. The van der Waals surface area contributed by atoms with Crippen LogP contribution in [0, 0.1) is 0 Å². The summed E-state index contributed by atoms with van der Waals surface area (Å²) in [5.41, 5.74) is 1.21. The highest BCUT2D eigenvalue weighted by atomic mass is 32.1. The minimum atomic E-state index is -0.142. The molecule has 2 aliphatic rings. The van der Waals surface area contributed by atoms with Gasteiger partial charge in [-0.25, -0.2) is 0 Å². The Morgan fingerprint density at radius 3 is 2.80 bits per heavy atom. The third-order valence-corrected chi connectivity index (χ3v) is 5.67. The van der Waals surface area contributed by atoms with Crippen LogP contribution >= 0.6 is 12.2 Å². The number of aromatic amines is 1. The first kappa shape index (κ1) is 20.9. The lowest BCUT2D eigenvalue weighted by atomic mass is 10.1. The van der Waals surface area contributed by atoms with Crippen molar-refractivity contribution in [1.82, 2.24) is 15.2 Å². The second-order valence-corrected chi connectivity index (χ2v) is 7.83. The topological polar surface area (TPSA) is 85.1 Å². The molecule has 1 atom stereocenters. The molecule has 0 aliphatic carbocycles. The van der Waals surface area contributed by atoms with Crippen LogP contribution in [0.3, 0.4) is 0 Å². The number of aromatic nitrogens is 1. The van der Waals surface area contributed by atoms with Crippen molar-refractivity contribution in [3.8, 4) is 11.5 Å². The first-order chi connectivity index (χ1) is 14.6. The van der Waals surface area contributed by atoms with E-state index in [2.05, 4.69) is 10.3 Å². The second-order valence-electron chi connectivity index (χ2n) is 7.45. The van der Waals surface area contributed by atoms with Gasteiger partial charge >= 0.3 is 0 Å². The monoisotopic (exact) mass is 433 g/mol. The van der Waals surface area contributed by atoms with Crippen LogP contribution in [0.4, 0.5) is 0 Å². The van der Waals surface area contributed by atoms with Crippen LogP contribution < -0.4 is 20.3 Å². The van der Waals surface area contributed by atoms with E-state index in [9.17, 15) is 4.79 Å². The molecule has 1 saturated heterocycles. The molecule has 162 valence electrons. The third kappa shape index (κ3) is 4.85. The van der Waals surface area contributed by atoms with Crippen LogP contribution in [-0.4, -0.2) is 67.7 Å². The average molecular weight is 434 g/mol. The van der Waals surface area contributed by atoms with Crippen molar-refractivity contribution < 1.29 is 18.9 Å². The molecule has 1 aromatic heterocycles. The number of benzene rings is 1. The molecule has 1 fully saturated rings. The summed E-state index contributed by atoms with van der Waals surface area (Å²) in [5.74, 6) is 1.35. The Kier molecular flexibility index (Phi) is 6.71. The summed E-state index contributed by atoms with van der Waals surface area (Å²) >= 11 is 5.60. The van der Waals surface area contributed by atoms with E-state index < -0.39 is 0 Å². The molecule has 4 rings (SSSR count). The van der Waals surface area contributed by atoms with Crippen molar-refractivity contribution in [2.24, 2.45) is 0 Å². The highest BCUT2D eigenvalue weighted by Crippen LogP contribution is 2.33. The van der Waals surface area contributed by atoms with Gasteiger partial charge in [-0.15, -0.1) is 0 Å². The smallest absolute Gasteiger partial charge is 0.253 e. The van der Waals surface area contributed by atoms with Crippen molar-refractivity contribution in [3.05, 3.63) is 34.1 Å². The molecule has 0 spiro atoms. The fourth-order valence-corrected chi connectivity index (χ4v) is 3.98. The molecule has 0 radical (unpaired) electrons. The Morgan fingerprint density at radius 1 is 1.27 bits per heavy atom. The molecular weight excluding hydrogens is 406 g/mol. The molecule has 2 N–H and O–H groups in total. The minimum Gasteiger partial charge on any atom is -0.486 e. The molecular formula is C21H27N3O5S. The van der Waals surface area contributed by atoms with Gasteiger partial charge < -0.3 is 34.1 Å². The van der Waals surface area contributed by atoms with Crippen LogP contribution in [0.5, 0.6) is 11.5 Å². The van der Waals surface area contributed by atoms with Crippen molar-refractivity contribution in [2.45, 2.75) is 25.5 Å². The van der Waals surface area contributed by atoms with Gasteiger partial charge in [-0.3, -0.25) is 4.79 Å². The van der Waals surface area contributed by atoms with Crippen molar-refractivity contribution in [2.75, 3.05) is 46.6 Å². The zero-order chi connectivity index (χ0) is 20.9. The number of fused-ring (bicyclic) bond motifs is 2. The van der Waals surface area contributed by atoms with Crippen LogP contribution in [0.15, 0.2) is 23.0 Å². The van der Waals surface area contributed by atoms with E-state index in [0.717, 1.165) is 30.4 Å². The van der Waals surface area contributed by atoms with E-state index in [0.29, 0.717) is 61.6 Å². The summed E-state index contributed by atoms with van der Waals surface area (Å²) in [6, 6.07) is 5.62. The maximum Gasteiger partial charge on any atom is 0.253 e. The summed E-state index contributed by atoms with van der Waals surface area (Å²) in [7, 11) is 1.65. The molecule has 9 heteroatoms. The van der Waals surface area contributed by atoms with Gasteiger partial charge in [0.05, 0.1) is 24.8 Å². The molecule has 2 aliphatic heterocycles. The molecule has 0 saturated carbocycles. The lowest BCUT2D eigenvalue weighted by Crippen LogP contribution is -2.44. The lowest BCUT2D eigenvalue weighted by Gasteiger charge is -2.28. The van der Waals surface area contributed by atoms with Crippen molar-refractivity contribution >= 4 is 28.2 Å². The third-order valence-electron chi connectivity index (χ3n) is 5.26. The fraction of sp³-hybridized carbons (Fsp3) is 0.524. The van der Waals surface area contributed by atoms with E-state index in [4.69, 9.17) is 31.2 Å². The number of pyridine rings is 1. The van der Waals surface area contributed by atoms with E-state index in [1.54, 1.807) is 7.11 Å².